The number of aromatic nitrogens is 1. The third kappa shape index (κ3) is 4.05. The highest BCUT2D eigenvalue weighted by atomic mass is 16.1. The lowest BCUT2D eigenvalue weighted by atomic mass is 9.86. The van der Waals surface area contributed by atoms with Crippen LogP contribution < -0.4 is 0 Å². The van der Waals surface area contributed by atoms with Crippen molar-refractivity contribution in [2.75, 3.05) is 6.54 Å². The van der Waals surface area contributed by atoms with Crippen LogP contribution >= 0.6 is 0 Å². The number of hydrogen-bond donors (Lipinski definition) is 0. The van der Waals surface area contributed by atoms with Gasteiger partial charge in [0.25, 0.3) is 0 Å². The third-order valence-electron chi connectivity index (χ3n) is 7.18. The molecule has 2 bridgehead atoms. The summed E-state index contributed by atoms with van der Waals surface area (Å²) < 4.78 is 2.30. The molecule has 3 heteroatoms. The number of piperidine rings is 1. The van der Waals surface area contributed by atoms with Gasteiger partial charge in [0.15, 0.2) is 5.78 Å². The van der Waals surface area contributed by atoms with Crippen molar-refractivity contribution in [3.05, 3.63) is 36.0 Å². The zero-order valence-corrected chi connectivity index (χ0v) is 17.7. The second kappa shape index (κ2) is 8.82. The van der Waals surface area contributed by atoms with Gasteiger partial charge in [-0.15, -0.1) is 0 Å². The van der Waals surface area contributed by atoms with Crippen molar-refractivity contribution in [2.45, 2.75) is 90.3 Å². The van der Waals surface area contributed by atoms with Crippen molar-refractivity contribution in [3.63, 3.8) is 0 Å². The quantitative estimate of drug-likeness (QED) is 0.390. The Bertz CT molecular complexity index is 794. The number of Topliss-reactive ketones (excluding diaryl/α,β-unsaturated/α-hetero) is 1. The molecule has 152 valence electrons. The molecule has 0 aliphatic carbocycles. The predicted molar refractivity (Wildman–Crippen MR) is 117 cm³/mol. The fourth-order valence-electron chi connectivity index (χ4n) is 5.81. The van der Waals surface area contributed by atoms with Crippen molar-refractivity contribution >= 4 is 16.7 Å². The van der Waals surface area contributed by atoms with E-state index in [1.165, 1.54) is 69.8 Å². The van der Waals surface area contributed by atoms with E-state index in [-0.39, 0.29) is 5.78 Å². The van der Waals surface area contributed by atoms with Crippen molar-refractivity contribution in [3.8, 4) is 0 Å². The van der Waals surface area contributed by atoms with Gasteiger partial charge in [-0.25, -0.2) is 0 Å². The third-order valence-corrected chi connectivity index (χ3v) is 7.18. The van der Waals surface area contributed by atoms with E-state index in [2.05, 4.69) is 40.8 Å². The molecule has 1 aromatic heterocycles. The van der Waals surface area contributed by atoms with Crippen LogP contribution in [0.4, 0.5) is 0 Å². The maximum absolute atomic E-state index is 12.0. The maximum atomic E-state index is 12.0. The number of unbranched alkanes of at least 4 members (excludes halogenated alkanes) is 2. The molecule has 2 saturated heterocycles. The predicted octanol–water partition coefficient (Wildman–Crippen LogP) is 6.06. The van der Waals surface area contributed by atoms with Crippen LogP contribution in [0.2, 0.25) is 0 Å². The van der Waals surface area contributed by atoms with Crippen LogP contribution in [0.25, 0.3) is 10.9 Å². The van der Waals surface area contributed by atoms with Crippen molar-refractivity contribution in [1.82, 2.24) is 9.47 Å². The Hall–Kier alpha value is -1.61. The summed E-state index contributed by atoms with van der Waals surface area (Å²) in [7, 11) is 0. The van der Waals surface area contributed by atoms with E-state index >= 15 is 0 Å². The summed E-state index contributed by atoms with van der Waals surface area (Å²) in [6.07, 6.45) is 14.6. The lowest BCUT2D eigenvalue weighted by Crippen LogP contribution is -2.43. The second-order valence-corrected chi connectivity index (χ2v) is 9.12. The molecule has 2 aliphatic heterocycles. The van der Waals surface area contributed by atoms with E-state index in [0.717, 1.165) is 35.5 Å². The average Bonchev–Trinajstić information content (AvgIpc) is 3.17. The molecule has 4 rings (SSSR count). The van der Waals surface area contributed by atoms with Gasteiger partial charge in [-0.2, -0.15) is 0 Å². The van der Waals surface area contributed by atoms with Gasteiger partial charge >= 0.3 is 0 Å². The van der Waals surface area contributed by atoms with Gasteiger partial charge in [0, 0.05) is 47.8 Å². The van der Waals surface area contributed by atoms with Gasteiger partial charge in [0.2, 0.25) is 0 Å². The first-order chi connectivity index (χ1) is 13.7. The minimum Gasteiger partial charge on any atom is -0.347 e. The molecule has 0 spiro atoms. The van der Waals surface area contributed by atoms with E-state index < -0.39 is 0 Å². The van der Waals surface area contributed by atoms with Crippen LogP contribution in [0, 0.1) is 5.92 Å². The summed E-state index contributed by atoms with van der Waals surface area (Å²) >= 11 is 0. The summed E-state index contributed by atoms with van der Waals surface area (Å²) in [5, 5.41) is 1.10. The van der Waals surface area contributed by atoms with Crippen molar-refractivity contribution in [1.29, 1.82) is 0 Å². The molecule has 3 heterocycles. The molecule has 0 N–H and O–H groups in total. The standard InChI is InChI=1S/C25H36N2O/c1-3-4-5-9-20-16-21-12-13-22(17-20)27(21)15-8-14-26-18-24(19(2)28)23-10-6-7-11-25(23)26/h6-7,10-11,18,20-22H,3-5,8-9,12-17H2,1-2H3. The molecule has 0 radical (unpaired) electrons. The highest BCUT2D eigenvalue weighted by Crippen LogP contribution is 2.40. The number of ketones is 1. The van der Waals surface area contributed by atoms with Gasteiger partial charge in [-0.1, -0.05) is 50.8 Å². The van der Waals surface area contributed by atoms with Crippen LogP contribution in [0.3, 0.4) is 0 Å². The molecule has 2 aliphatic rings. The van der Waals surface area contributed by atoms with E-state index in [1.54, 1.807) is 6.92 Å². The van der Waals surface area contributed by atoms with Crippen LogP contribution in [-0.2, 0) is 6.54 Å². The minimum absolute atomic E-state index is 0.165. The summed E-state index contributed by atoms with van der Waals surface area (Å²) in [4.78, 5) is 14.8. The van der Waals surface area contributed by atoms with Crippen molar-refractivity contribution in [2.24, 2.45) is 5.92 Å². The fraction of sp³-hybridized carbons (Fsp3) is 0.640. The number of aryl methyl sites for hydroxylation is 1. The molecule has 0 saturated carbocycles. The average molecular weight is 381 g/mol. The Morgan fingerprint density at radius 1 is 1.04 bits per heavy atom. The van der Waals surface area contributed by atoms with Gasteiger partial charge in [-0.05, 0) is 51.0 Å². The zero-order valence-electron chi connectivity index (χ0n) is 17.7. The minimum atomic E-state index is 0.165. The molecule has 2 atom stereocenters. The molecular formula is C25H36N2O. The normalized spacial score (nSPS) is 24.9. The highest BCUT2D eigenvalue weighted by molar-refractivity contribution is 6.06. The van der Waals surface area contributed by atoms with Gasteiger partial charge in [-0.3, -0.25) is 9.69 Å². The number of rotatable bonds is 9. The Balaban J connectivity index is 1.34. The Kier molecular flexibility index (Phi) is 6.20. The van der Waals surface area contributed by atoms with E-state index in [9.17, 15) is 4.79 Å². The molecule has 1 aromatic carbocycles. The molecule has 0 amide bonds. The number of carbonyl (C=O) groups excluding carboxylic acids is 1. The molecule has 2 fully saturated rings. The summed E-state index contributed by atoms with van der Waals surface area (Å²) in [6, 6.07) is 9.99. The van der Waals surface area contributed by atoms with Gasteiger partial charge < -0.3 is 4.57 Å². The van der Waals surface area contributed by atoms with Crippen LogP contribution in [0.15, 0.2) is 30.5 Å². The lowest BCUT2D eigenvalue weighted by Gasteiger charge is -2.39. The van der Waals surface area contributed by atoms with E-state index in [4.69, 9.17) is 0 Å². The largest absolute Gasteiger partial charge is 0.347 e. The van der Waals surface area contributed by atoms with Gasteiger partial charge in [0.1, 0.15) is 0 Å². The number of hydrogen-bond acceptors (Lipinski definition) is 2. The first-order valence-corrected chi connectivity index (χ1v) is 11.5. The molecule has 2 unspecified atom stereocenters. The van der Waals surface area contributed by atoms with Crippen LogP contribution in [-0.4, -0.2) is 33.9 Å². The Labute approximate surface area is 170 Å². The number of benzene rings is 1. The maximum Gasteiger partial charge on any atom is 0.161 e. The monoisotopic (exact) mass is 380 g/mol. The van der Waals surface area contributed by atoms with Crippen LogP contribution in [0.1, 0.15) is 82.0 Å². The topological polar surface area (TPSA) is 25.2 Å². The summed E-state index contributed by atoms with van der Waals surface area (Å²) in [5.74, 6) is 1.14. The summed E-state index contributed by atoms with van der Waals surface area (Å²) in [5.41, 5.74) is 2.06. The highest BCUT2D eigenvalue weighted by Gasteiger charge is 2.39. The zero-order chi connectivity index (χ0) is 19.5. The van der Waals surface area contributed by atoms with Gasteiger partial charge in [0.05, 0.1) is 0 Å². The first-order valence-electron chi connectivity index (χ1n) is 11.5. The number of fused-ring (bicyclic) bond motifs is 3. The van der Waals surface area contributed by atoms with Crippen LogP contribution in [0.5, 0.6) is 0 Å². The van der Waals surface area contributed by atoms with E-state index in [1.807, 2.05) is 6.07 Å². The lowest BCUT2D eigenvalue weighted by molar-refractivity contribution is 0.0966. The molecule has 28 heavy (non-hydrogen) atoms. The van der Waals surface area contributed by atoms with Crippen molar-refractivity contribution < 1.29 is 4.79 Å². The first kappa shape index (κ1) is 19.7. The number of para-hydroxylation sites is 1. The molecule has 3 nitrogen and oxygen atoms in total. The summed E-state index contributed by atoms with van der Waals surface area (Å²) in [6.45, 7) is 6.19. The second-order valence-electron chi connectivity index (χ2n) is 9.12. The van der Waals surface area contributed by atoms with E-state index in [0.29, 0.717) is 0 Å². The Morgan fingerprint density at radius 3 is 2.50 bits per heavy atom. The molecular weight excluding hydrogens is 344 g/mol. The smallest absolute Gasteiger partial charge is 0.161 e. The number of carbonyl (C=O) groups is 1. The SMILES string of the molecule is CCCCCC1CC2CCC(C1)N2CCCn1cc(C(C)=O)c2ccccc21. The number of nitrogens with zero attached hydrogens (tertiary/aromatic N) is 2. The molecule has 2 aromatic rings. The fourth-order valence-corrected chi connectivity index (χ4v) is 5.81. The Morgan fingerprint density at radius 2 is 1.79 bits per heavy atom.